The Morgan fingerprint density at radius 2 is 1.08 bits per heavy atom. The van der Waals surface area contributed by atoms with Gasteiger partial charge in [-0.05, 0) is 96.4 Å². The highest BCUT2D eigenvalue weighted by Crippen LogP contribution is 2.63. The second kappa shape index (κ2) is 11.9. The third-order valence-electron chi connectivity index (χ3n) is 11.4. The van der Waals surface area contributed by atoms with Crippen LogP contribution in [0.5, 0.6) is 0 Å². The Labute approximate surface area is 290 Å². The van der Waals surface area contributed by atoms with Gasteiger partial charge in [0.2, 0.25) is 0 Å². The minimum Gasteiger partial charge on any atom is -0.0751 e. The first-order chi connectivity index (χ1) is 24.2. The molecule has 0 heteroatoms. The van der Waals surface area contributed by atoms with Gasteiger partial charge < -0.3 is 0 Å². The average Bonchev–Trinajstić information content (AvgIpc) is 3.74. The predicted octanol–water partition coefficient (Wildman–Crippen LogP) is 12.5. The van der Waals surface area contributed by atoms with E-state index in [0.717, 1.165) is 12.8 Å². The van der Waals surface area contributed by atoms with Crippen LogP contribution in [0.1, 0.15) is 70.2 Å². The molecule has 0 spiro atoms. The molecule has 0 nitrogen and oxygen atoms in total. The largest absolute Gasteiger partial charge is 0.0751 e. The van der Waals surface area contributed by atoms with Gasteiger partial charge in [0, 0.05) is 17.3 Å². The lowest BCUT2D eigenvalue weighted by atomic mass is 9.55. The molecule has 0 fully saturated rings. The maximum atomic E-state index is 2.52. The maximum Gasteiger partial charge on any atom is 0.0415 e. The average molecular weight is 629 g/mol. The summed E-state index contributed by atoms with van der Waals surface area (Å²) < 4.78 is 0. The lowest BCUT2D eigenvalue weighted by Crippen LogP contribution is -2.40. The van der Waals surface area contributed by atoms with Crippen molar-refractivity contribution in [3.63, 3.8) is 0 Å². The van der Waals surface area contributed by atoms with Crippen LogP contribution in [-0.4, -0.2) is 0 Å². The van der Waals surface area contributed by atoms with E-state index in [1.165, 1.54) is 77.5 Å². The molecule has 0 radical (unpaired) electrons. The summed E-state index contributed by atoms with van der Waals surface area (Å²) in [5.74, 6) is 0.242. The van der Waals surface area contributed by atoms with Gasteiger partial charge in [0.15, 0.2) is 0 Å². The number of hydrogen-bond donors (Lipinski definition) is 0. The highest BCUT2D eigenvalue weighted by Gasteiger charge is 2.53. The summed E-state index contributed by atoms with van der Waals surface area (Å²) in [6, 6.07) is 59.9. The van der Waals surface area contributed by atoms with Gasteiger partial charge in [-0.15, -0.1) is 0 Å². The van der Waals surface area contributed by atoms with Crippen LogP contribution in [0.15, 0.2) is 164 Å². The Kier molecular flexibility index (Phi) is 7.20. The van der Waals surface area contributed by atoms with Crippen molar-refractivity contribution in [1.82, 2.24) is 0 Å². The van der Waals surface area contributed by atoms with Gasteiger partial charge in [-0.1, -0.05) is 178 Å². The Hall–Kier alpha value is -5.46. The van der Waals surface area contributed by atoms with E-state index in [4.69, 9.17) is 0 Å². The fourth-order valence-electron chi connectivity index (χ4n) is 9.10. The number of benzene rings is 7. The first-order valence-corrected chi connectivity index (χ1v) is 17.9. The molecule has 0 aliphatic heterocycles. The van der Waals surface area contributed by atoms with Crippen LogP contribution in [0.4, 0.5) is 0 Å². The molecular formula is C49H40. The van der Waals surface area contributed by atoms with Gasteiger partial charge in [-0.3, -0.25) is 0 Å². The van der Waals surface area contributed by atoms with Gasteiger partial charge in [-0.2, -0.15) is 0 Å². The molecule has 9 rings (SSSR count). The van der Waals surface area contributed by atoms with Gasteiger partial charge in [0.25, 0.3) is 0 Å². The fourth-order valence-corrected chi connectivity index (χ4v) is 9.10. The molecule has 0 heterocycles. The molecule has 0 aromatic heterocycles. The number of allylic oxidation sites excluding steroid dienone is 1. The minimum atomic E-state index is -0.399. The van der Waals surface area contributed by atoms with E-state index in [2.05, 4.69) is 184 Å². The van der Waals surface area contributed by atoms with Crippen molar-refractivity contribution in [2.24, 2.45) is 0 Å². The van der Waals surface area contributed by atoms with Crippen LogP contribution < -0.4 is 0 Å². The molecule has 2 aliphatic carbocycles. The zero-order chi connectivity index (χ0) is 33.0. The smallest absolute Gasteiger partial charge is 0.0415 e. The summed E-state index contributed by atoms with van der Waals surface area (Å²) in [5.41, 5.74) is 16.0. The third-order valence-corrected chi connectivity index (χ3v) is 11.4. The molecule has 0 bridgehead atoms. The van der Waals surface area contributed by atoms with Gasteiger partial charge in [0.05, 0.1) is 0 Å². The first-order valence-electron chi connectivity index (χ1n) is 17.9. The van der Waals surface area contributed by atoms with Crippen molar-refractivity contribution in [1.29, 1.82) is 0 Å². The summed E-state index contributed by atoms with van der Waals surface area (Å²) in [6.07, 6.45) is 6.95. The summed E-state index contributed by atoms with van der Waals surface area (Å²) in [7, 11) is 0. The van der Waals surface area contributed by atoms with Gasteiger partial charge in [0.1, 0.15) is 0 Å². The fraction of sp³-hybridized carbons (Fsp3) is 0.143. The van der Waals surface area contributed by atoms with E-state index >= 15 is 0 Å². The van der Waals surface area contributed by atoms with E-state index in [-0.39, 0.29) is 11.8 Å². The number of fused-ring (bicyclic) bond motifs is 5. The van der Waals surface area contributed by atoms with Crippen molar-refractivity contribution >= 4 is 16.8 Å². The van der Waals surface area contributed by atoms with Crippen molar-refractivity contribution in [3.05, 3.63) is 208 Å². The summed E-state index contributed by atoms with van der Waals surface area (Å²) in [4.78, 5) is 0. The van der Waals surface area contributed by atoms with Crippen LogP contribution in [-0.2, 0) is 18.3 Å². The minimum absolute atomic E-state index is 0.119. The van der Waals surface area contributed by atoms with E-state index in [9.17, 15) is 0 Å². The molecule has 7 aromatic rings. The molecule has 49 heavy (non-hydrogen) atoms. The maximum absolute atomic E-state index is 2.52. The highest BCUT2D eigenvalue weighted by atomic mass is 14.5. The lowest BCUT2D eigenvalue weighted by Gasteiger charge is -2.46. The molecular weight excluding hydrogens is 589 g/mol. The third kappa shape index (κ3) is 4.58. The molecule has 1 atom stereocenters. The van der Waals surface area contributed by atoms with Crippen molar-refractivity contribution < 1.29 is 0 Å². The summed E-state index contributed by atoms with van der Waals surface area (Å²) in [6.45, 7) is 4.55. The van der Waals surface area contributed by atoms with Crippen molar-refractivity contribution in [2.45, 2.75) is 43.9 Å². The van der Waals surface area contributed by atoms with Crippen LogP contribution in [0.3, 0.4) is 0 Å². The molecule has 0 N–H and O–H groups in total. The summed E-state index contributed by atoms with van der Waals surface area (Å²) >= 11 is 0. The first kappa shape index (κ1) is 29.7. The Balaban J connectivity index is 1.33. The predicted molar refractivity (Wildman–Crippen MR) is 207 cm³/mol. The monoisotopic (exact) mass is 628 g/mol. The molecule has 1 unspecified atom stereocenters. The van der Waals surface area contributed by atoms with Crippen molar-refractivity contribution in [3.8, 4) is 22.3 Å². The Morgan fingerprint density at radius 1 is 0.490 bits per heavy atom. The highest BCUT2D eigenvalue weighted by molar-refractivity contribution is 5.97. The van der Waals surface area contributed by atoms with Crippen LogP contribution in [0, 0.1) is 0 Å². The molecule has 0 amide bonds. The number of hydrogen-bond acceptors (Lipinski definition) is 0. The van der Waals surface area contributed by atoms with Crippen LogP contribution >= 0.6 is 0 Å². The Bertz CT molecular complexity index is 2260. The van der Waals surface area contributed by atoms with E-state index in [0.29, 0.717) is 0 Å². The zero-order valence-corrected chi connectivity index (χ0v) is 28.2. The van der Waals surface area contributed by atoms with Gasteiger partial charge in [-0.25, -0.2) is 0 Å². The molecule has 2 aliphatic rings. The van der Waals surface area contributed by atoms with E-state index in [1.54, 1.807) is 0 Å². The molecule has 0 saturated heterocycles. The standard InChI is InChI=1S/C49H40/c1-3-33-22-26-43-44-27-23-34(4-2)31-46(44)48(45(43)30-33)49(38-16-7-5-8-17-38,39-18-9-6-10-19-39)47-29-25-37-32-36(24-28-42(37)47)41-21-13-15-35-14-11-12-20-40(35)41/h5-32,47-48H,3-4H2,1-2H3. The van der Waals surface area contributed by atoms with Crippen LogP contribution in [0.2, 0.25) is 0 Å². The zero-order valence-electron chi connectivity index (χ0n) is 28.2. The molecule has 236 valence electrons. The Morgan fingerprint density at radius 3 is 1.71 bits per heavy atom. The van der Waals surface area contributed by atoms with E-state index < -0.39 is 5.41 Å². The van der Waals surface area contributed by atoms with Gasteiger partial charge >= 0.3 is 0 Å². The topological polar surface area (TPSA) is 0 Å². The molecule has 0 saturated carbocycles. The molecule has 7 aromatic carbocycles. The quantitative estimate of drug-likeness (QED) is 0.165. The number of rotatable bonds is 7. The van der Waals surface area contributed by atoms with Crippen molar-refractivity contribution in [2.75, 3.05) is 0 Å². The second-order valence-electron chi connectivity index (χ2n) is 13.8. The second-order valence-corrected chi connectivity index (χ2v) is 13.8. The number of aryl methyl sites for hydroxylation is 2. The lowest BCUT2D eigenvalue weighted by molar-refractivity contribution is 0.416. The SMILES string of the molecule is CCc1ccc2c(c1)C(C(c1ccccc1)(c1ccccc1)C1C=Cc3cc(-c4cccc5ccccc45)ccc31)c1cc(CC)ccc1-2. The summed E-state index contributed by atoms with van der Waals surface area (Å²) in [5, 5.41) is 2.57. The normalized spacial score (nSPS) is 14.9. The van der Waals surface area contributed by atoms with E-state index in [1.807, 2.05) is 0 Å². The van der Waals surface area contributed by atoms with Crippen LogP contribution in [0.25, 0.3) is 39.1 Å².